The standard InChI is InChI=1S/C28H26FNO5/c1-16-11-20(34-14-18-15-35-26-10-7-19(29)12-24(18)26)8-9-21(16)28(33)30-17(2)23(13-27(31)32)22-5-3-4-6-25(22)30/h3-12,17-18,23H,13-15H2,1-2H3,(H,31,32)/t17?,18-,23?/m1/s1. The molecule has 3 atom stereocenters. The number of aryl methyl sites for hydroxylation is 1. The van der Waals surface area contributed by atoms with Gasteiger partial charge in [0.15, 0.2) is 0 Å². The van der Waals surface area contributed by atoms with Crippen LogP contribution in [0, 0.1) is 12.7 Å². The first kappa shape index (κ1) is 22.9. The molecule has 0 saturated heterocycles. The topological polar surface area (TPSA) is 76.1 Å². The van der Waals surface area contributed by atoms with Gasteiger partial charge in [-0.15, -0.1) is 0 Å². The number of carboxylic acid groups (broad SMARTS) is 1. The number of aliphatic carboxylic acids is 1. The minimum absolute atomic E-state index is 0.0361. The summed E-state index contributed by atoms with van der Waals surface area (Å²) >= 11 is 0. The molecular formula is C28H26FNO5. The minimum Gasteiger partial charge on any atom is -0.493 e. The van der Waals surface area contributed by atoms with E-state index in [1.807, 2.05) is 44.2 Å². The number of para-hydroxylation sites is 1. The number of carboxylic acids is 1. The molecule has 3 aromatic carbocycles. The molecule has 2 unspecified atom stereocenters. The Labute approximate surface area is 202 Å². The highest BCUT2D eigenvalue weighted by Crippen LogP contribution is 2.43. The monoisotopic (exact) mass is 475 g/mol. The van der Waals surface area contributed by atoms with Crippen LogP contribution in [0.5, 0.6) is 11.5 Å². The maximum atomic E-state index is 13.6. The number of nitrogens with zero attached hydrogens (tertiary/aromatic N) is 1. The van der Waals surface area contributed by atoms with Crippen LogP contribution < -0.4 is 14.4 Å². The van der Waals surface area contributed by atoms with Crippen molar-refractivity contribution >= 4 is 17.6 Å². The van der Waals surface area contributed by atoms with Crippen molar-refractivity contribution in [2.24, 2.45) is 0 Å². The van der Waals surface area contributed by atoms with Crippen molar-refractivity contribution < 1.29 is 28.6 Å². The van der Waals surface area contributed by atoms with E-state index in [4.69, 9.17) is 9.47 Å². The zero-order valence-electron chi connectivity index (χ0n) is 19.5. The molecule has 0 aromatic heterocycles. The smallest absolute Gasteiger partial charge is 0.304 e. The van der Waals surface area contributed by atoms with Crippen molar-refractivity contribution in [1.82, 2.24) is 0 Å². The second kappa shape index (κ2) is 9.06. The number of carbonyl (C=O) groups is 2. The molecule has 35 heavy (non-hydrogen) atoms. The Bertz CT molecular complexity index is 1310. The molecule has 0 bridgehead atoms. The fourth-order valence-electron chi connectivity index (χ4n) is 5.12. The Kier molecular flexibility index (Phi) is 5.93. The van der Waals surface area contributed by atoms with E-state index in [9.17, 15) is 19.1 Å². The van der Waals surface area contributed by atoms with Gasteiger partial charge in [-0.3, -0.25) is 9.59 Å². The number of anilines is 1. The Morgan fingerprint density at radius 3 is 2.69 bits per heavy atom. The molecule has 3 aromatic rings. The van der Waals surface area contributed by atoms with Crippen molar-refractivity contribution in [2.45, 2.75) is 38.1 Å². The molecule has 1 amide bonds. The van der Waals surface area contributed by atoms with Gasteiger partial charge >= 0.3 is 5.97 Å². The molecule has 0 aliphatic carbocycles. The van der Waals surface area contributed by atoms with Gasteiger partial charge in [-0.25, -0.2) is 4.39 Å². The molecule has 7 heteroatoms. The van der Waals surface area contributed by atoms with Gasteiger partial charge in [0.2, 0.25) is 0 Å². The lowest BCUT2D eigenvalue weighted by molar-refractivity contribution is -0.137. The van der Waals surface area contributed by atoms with Crippen molar-refractivity contribution in [3.63, 3.8) is 0 Å². The third kappa shape index (κ3) is 4.22. The van der Waals surface area contributed by atoms with Crippen LogP contribution in [0.15, 0.2) is 60.7 Å². The average molecular weight is 476 g/mol. The number of carbonyl (C=O) groups excluding carboxylic acids is 1. The number of amides is 1. The highest BCUT2D eigenvalue weighted by atomic mass is 19.1. The van der Waals surface area contributed by atoms with Crippen molar-refractivity contribution in [3.8, 4) is 11.5 Å². The summed E-state index contributed by atoms with van der Waals surface area (Å²) in [5.74, 6) is -0.411. The second-order valence-corrected chi connectivity index (χ2v) is 9.16. The van der Waals surface area contributed by atoms with Crippen molar-refractivity contribution in [1.29, 1.82) is 0 Å². The normalized spacial score (nSPS) is 20.2. The largest absolute Gasteiger partial charge is 0.493 e. The number of fused-ring (bicyclic) bond motifs is 2. The molecular weight excluding hydrogens is 449 g/mol. The van der Waals surface area contributed by atoms with Gasteiger partial charge in [-0.1, -0.05) is 18.2 Å². The number of rotatable bonds is 6. The Hall–Kier alpha value is -3.87. The average Bonchev–Trinajstić information content (AvgIpc) is 3.35. The van der Waals surface area contributed by atoms with E-state index in [0.29, 0.717) is 30.3 Å². The van der Waals surface area contributed by atoms with Crippen LogP contribution >= 0.6 is 0 Å². The van der Waals surface area contributed by atoms with Gasteiger partial charge < -0.3 is 19.5 Å². The van der Waals surface area contributed by atoms with E-state index >= 15 is 0 Å². The van der Waals surface area contributed by atoms with Crippen LogP contribution in [0.4, 0.5) is 10.1 Å². The number of halogens is 1. The third-order valence-corrected chi connectivity index (χ3v) is 6.93. The summed E-state index contributed by atoms with van der Waals surface area (Å²) in [6.45, 7) is 4.50. The summed E-state index contributed by atoms with van der Waals surface area (Å²) in [5.41, 5.74) is 3.72. The van der Waals surface area contributed by atoms with Crippen LogP contribution in [0.25, 0.3) is 0 Å². The van der Waals surface area contributed by atoms with Crippen LogP contribution in [-0.2, 0) is 4.79 Å². The predicted octanol–water partition coefficient (Wildman–Crippen LogP) is 5.30. The first-order chi connectivity index (χ1) is 16.8. The molecule has 1 N–H and O–H groups in total. The Morgan fingerprint density at radius 2 is 1.91 bits per heavy atom. The fourth-order valence-corrected chi connectivity index (χ4v) is 5.12. The predicted molar refractivity (Wildman–Crippen MR) is 129 cm³/mol. The molecule has 0 saturated carbocycles. The maximum Gasteiger partial charge on any atom is 0.304 e. The molecule has 0 radical (unpaired) electrons. The number of hydrogen-bond acceptors (Lipinski definition) is 4. The van der Waals surface area contributed by atoms with Gasteiger partial charge in [0.05, 0.1) is 25.6 Å². The lowest BCUT2D eigenvalue weighted by atomic mass is 9.92. The number of hydrogen-bond donors (Lipinski definition) is 1. The summed E-state index contributed by atoms with van der Waals surface area (Å²) in [6, 6.07) is 17.0. The van der Waals surface area contributed by atoms with E-state index in [0.717, 1.165) is 22.4 Å². The van der Waals surface area contributed by atoms with Gasteiger partial charge in [0, 0.05) is 28.8 Å². The van der Waals surface area contributed by atoms with Gasteiger partial charge in [-0.05, 0) is 67.4 Å². The Balaban J connectivity index is 1.33. The van der Waals surface area contributed by atoms with E-state index in [1.54, 1.807) is 23.1 Å². The first-order valence-corrected chi connectivity index (χ1v) is 11.6. The van der Waals surface area contributed by atoms with E-state index in [2.05, 4.69) is 0 Å². The van der Waals surface area contributed by atoms with Crippen LogP contribution in [0.3, 0.4) is 0 Å². The van der Waals surface area contributed by atoms with Crippen molar-refractivity contribution in [3.05, 3.63) is 88.7 Å². The first-order valence-electron chi connectivity index (χ1n) is 11.6. The van der Waals surface area contributed by atoms with E-state index in [-0.39, 0.29) is 36.0 Å². The minimum atomic E-state index is -0.887. The molecule has 2 aliphatic heterocycles. The molecule has 180 valence electrons. The summed E-state index contributed by atoms with van der Waals surface area (Å²) in [5, 5.41) is 9.39. The van der Waals surface area contributed by atoms with Crippen LogP contribution in [0.2, 0.25) is 0 Å². The summed E-state index contributed by atoms with van der Waals surface area (Å²) < 4.78 is 25.2. The quantitative estimate of drug-likeness (QED) is 0.524. The highest BCUT2D eigenvalue weighted by molar-refractivity contribution is 6.09. The van der Waals surface area contributed by atoms with Crippen LogP contribution in [-0.4, -0.2) is 36.2 Å². The second-order valence-electron chi connectivity index (χ2n) is 9.16. The third-order valence-electron chi connectivity index (χ3n) is 6.93. The lowest BCUT2D eigenvalue weighted by Crippen LogP contribution is -2.38. The zero-order chi connectivity index (χ0) is 24.7. The SMILES string of the molecule is Cc1cc(OC[C@@H]2COc3ccc(F)cc32)ccc1C(=O)N1c2ccccc2C(CC(=O)O)C1C. The van der Waals surface area contributed by atoms with Crippen LogP contribution in [0.1, 0.15) is 52.2 Å². The lowest BCUT2D eigenvalue weighted by Gasteiger charge is -2.26. The summed E-state index contributed by atoms with van der Waals surface area (Å²) in [7, 11) is 0. The van der Waals surface area contributed by atoms with Gasteiger partial charge in [-0.2, -0.15) is 0 Å². The van der Waals surface area contributed by atoms with E-state index in [1.165, 1.54) is 12.1 Å². The highest BCUT2D eigenvalue weighted by Gasteiger charge is 2.40. The number of benzene rings is 3. The zero-order valence-corrected chi connectivity index (χ0v) is 19.5. The molecule has 6 nitrogen and oxygen atoms in total. The maximum absolute atomic E-state index is 13.6. The molecule has 2 aliphatic rings. The Morgan fingerprint density at radius 1 is 1.11 bits per heavy atom. The van der Waals surface area contributed by atoms with Gasteiger partial charge in [0.25, 0.3) is 5.91 Å². The molecule has 0 spiro atoms. The van der Waals surface area contributed by atoms with Crippen molar-refractivity contribution in [2.75, 3.05) is 18.1 Å². The van der Waals surface area contributed by atoms with Gasteiger partial charge in [0.1, 0.15) is 17.3 Å². The summed E-state index contributed by atoms with van der Waals surface area (Å²) in [4.78, 5) is 26.8. The molecule has 0 fully saturated rings. The van der Waals surface area contributed by atoms with E-state index < -0.39 is 5.97 Å². The summed E-state index contributed by atoms with van der Waals surface area (Å²) in [6.07, 6.45) is -0.0361. The fraction of sp³-hybridized carbons (Fsp3) is 0.286. The molecule has 5 rings (SSSR count). The number of ether oxygens (including phenoxy) is 2. The molecule has 2 heterocycles.